The molecule has 2 rings (SSSR count). The van der Waals surface area contributed by atoms with Crippen LogP contribution in [0, 0.1) is 19.8 Å². The molecule has 1 heterocycles. The molecule has 2 aromatic rings. The van der Waals surface area contributed by atoms with Crippen LogP contribution in [0.5, 0.6) is 0 Å². The van der Waals surface area contributed by atoms with E-state index in [9.17, 15) is 14.4 Å². The Morgan fingerprint density at radius 2 is 1.89 bits per heavy atom. The number of aromatic nitrogens is 1. The third-order valence-electron chi connectivity index (χ3n) is 3.69. The molecule has 2 N–H and O–H groups in total. The Morgan fingerprint density at radius 3 is 2.52 bits per heavy atom. The van der Waals surface area contributed by atoms with Crippen LogP contribution in [-0.4, -0.2) is 36.1 Å². The average molecular weight is 373 g/mol. The van der Waals surface area contributed by atoms with Gasteiger partial charge >= 0.3 is 5.97 Å². The Balaban J connectivity index is 1.98. The number of benzene rings is 1. The minimum Gasteiger partial charge on any atom is -0.452 e. The van der Waals surface area contributed by atoms with Crippen LogP contribution in [0.25, 0.3) is 0 Å². The maximum absolute atomic E-state index is 12.3. The summed E-state index contributed by atoms with van der Waals surface area (Å²) in [6, 6.07) is 6.63. The summed E-state index contributed by atoms with van der Waals surface area (Å²) in [7, 11) is 0. The van der Waals surface area contributed by atoms with Gasteiger partial charge in [-0.05, 0) is 31.9 Å². The molecular formula is C19H23N3O5. The number of aryl methyl sites for hydroxylation is 2. The van der Waals surface area contributed by atoms with Crippen LogP contribution < -0.4 is 10.6 Å². The molecule has 2 amide bonds. The molecule has 144 valence electrons. The number of nitrogens with one attached hydrogen (secondary N) is 2. The highest BCUT2D eigenvalue weighted by molar-refractivity contribution is 6.04. The lowest BCUT2D eigenvalue weighted by Crippen LogP contribution is -2.29. The highest BCUT2D eigenvalue weighted by Crippen LogP contribution is 2.16. The second kappa shape index (κ2) is 8.98. The zero-order valence-electron chi connectivity index (χ0n) is 15.8. The number of carbonyl (C=O) groups is 3. The maximum atomic E-state index is 12.3. The SMILES string of the molecule is Cc1noc(C)c1C(=O)OCC(=O)Nc1ccccc1C(=O)NCC(C)C. The molecule has 0 radical (unpaired) electrons. The summed E-state index contributed by atoms with van der Waals surface area (Å²) in [4.78, 5) is 36.5. The van der Waals surface area contributed by atoms with Crippen molar-refractivity contribution in [1.29, 1.82) is 0 Å². The molecule has 0 bridgehead atoms. The van der Waals surface area contributed by atoms with Gasteiger partial charge < -0.3 is 19.9 Å². The Kier molecular flexibility index (Phi) is 6.70. The predicted molar refractivity (Wildman–Crippen MR) is 98.5 cm³/mol. The van der Waals surface area contributed by atoms with E-state index in [0.717, 1.165) is 0 Å². The number of esters is 1. The molecule has 0 aliphatic rings. The summed E-state index contributed by atoms with van der Waals surface area (Å²) in [6.07, 6.45) is 0. The number of para-hydroxylation sites is 1. The van der Waals surface area contributed by atoms with E-state index in [4.69, 9.17) is 9.26 Å². The molecule has 8 nitrogen and oxygen atoms in total. The van der Waals surface area contributed by atoms with Gasteiger partial charge in [-0.3, -0.25) is 9.59 Å². The van der Waals surface area contributed by atoms with Gasteiger partial charge in [-0.1, -0.05) is 31.1 Å². The summed E-state index contributed by atoms with van der Waals surface area (Å²) < 4.78 is 9.91. The molecule has 0 aliphatic carbocycles. The number of nitrogens with zero attached hydrogens (tertiary/aromatic N) is 1. The summed E-state index contributed by atoms with van der Waals surface area (Å²) >= 11 is 0. The summed E-state index contributed by atoms with van der Waals surface area (Å²) in [5.74, 6) is -0.902. The van der Waals surface area contributed by atoms with Crippen LogP contribution in [0.4, 0.5) is 5.69 Å². The lowest BCUT2D eigenvalue weighted by Gasteiger charge is -2.12. The predicted octanol–water partition coefficient (Wildman–Crippen LogP) is 2.47. The van der Waals surface area contributed by atoms with Crippen molar-refractivity contribution in [2.24, 2.45) is 5.92 Å². The second-order valence-electron chi connectivity index (χ2n) is 6.47. The first-order chi connectivity index (χ1) is 12.8. The number of ether oxygens (including phenoxy) is 1. The Morgan fingerprint density at radius 1 is 1.19 bits per heavy atom. The highest BCUT2D eigenvalue weighted by atomic mass is 16.5. The lowest BCUT2D eigenvalue weighted by atomic mass is 10.1. The molecule has 8 heteroatoms. The number of carbonyl (C=O) groups excluding carboxylic acids is 3. The van der Waals surface area contributed by atoms with Crippen molar-refractivity contribution in [1.82, 2.24) is 10.5 Å². The minimum absolute atomic E-state index is 0.205. The fourth-order valence-electron chi connectivity index (χ4n) is 2.35. The first-order valence-corrected chi connectivity index (χ1v) is 8.56. The van der Waals surface area contributed by atoms with Crippen molar-refractivity contribution in [2.75, 3.05) is 18.5 Å². The molecule has 0 fully saturated rings. The van der Waals surface area contributed by atoms with Gasteiger partial charge in [0, 0.05) is 6.54 Å². The number of anilines is 1. The van der Waals surface area contributed by atoms with E-state index in [1.54, 1.807) is 38.1 Å². The lowest BCUT2D eigenvalue weighted by molar-refractivity contribution is -0.119. The van der Waals surface area contributed by atoms with Crippen LogP contribution in [0.2, 0.25) is 0 Å². The van der Waals surface area contributed by atoms with E-state index >= 15 is 0 Å². The Bertz CT molecular complexity index is 822. The zero-order valence-corrected chi connectivity index (χ0v) is 15.8. The van der Waals surface area contributed by atoms with Crippen LogP contribution in [-0.2, 0) is 9.53 Å². The van der Waals surface area contributed by atoms with Crippen molar-refractivity contribution in [3.05, 3.63) is 46.8 Å². The highest BCUT2D eigenvalue weighted by Gasteiger charge is 2.20. The van der Waals surface area contributed by atoms with Gasteiger partial charge in [-0.2, -0.15) is 0 Å². The smallest absolute Gasteiger partial charge is 0.344 e. The van der Waals surface area contributed by atoms with Crippen LogP contribution in [0.1, 0.15) is 46.0 Å². The van der Waals surface area contributed by atoms with Gasteiger partial charge in [0.1, 0.15) is 11.3 Å². The number of hydrogen-bond acceptors (Lipinski definition) is 6. The van der Waals surface area contributed by atoms with Crippen molar-refractivity contribution in [3.63, 3.8) is 0 Å². The van der Waals surface area contributed by atoms with Crippen LogP contribution in [0.3, 0.4) is 0 Å². The fourth-order valence-corrected chi connectivity index (χ4v) is 2.35. The minimum atomic E-state index is -0.690. The zero-order chi connectivity index (χ0) is 20.0. The van der Waals surface area contributed by atoms with Gasteiger partial charge in [0.25, 0.3) is 11.8 Å². The number of rotatable bonds is 7. The summed E-state index contributed by atoms with van der Waals surface area (Å²) in [5.41, 5.74) is 1.28. The van der Waals surface area contributed by atoms with Crippen LogP contribution >= 0.6 is 0 Å². The average Bonchev–Trinajstić information content (AvgIpc) is 2.96. The van der Waals surface area contributed by atoms with E-state index in [0.29, 0.717) is 35.2 Å². The van der Waals surface area contributed by atoms with Gasteiger partial charge in [0.05, 0.1) is 16.9 Å². The molecule has 0 unspecified atom stereocenters. The fraction of sp³-hybridized carbons (Fsp3) is 0.368. The van der Waals surface area contributed by atoms with Crippen LogP contribution in [0.15, 0.2) is 28.8 Å². The van der Waals surface area contributed by atoms with E-state index in [-0.39, 0.29) is 11.5 Å². The molecule has 1 aromatic carbocycles. The Labute approximate surface area is 157 Å². The molecule has 27 heavy (non-hydrogen) atoms. The monoisotopic (exact) mass is 373 g/mol. The molecule has 0 spiro atoms. The van der Waals surface area contributed by atoms with Crippen molar-refractivity contribution in [3.8, 4) is 0 Å². The molecule has 0 aliphatic heterocycles. The van der Waals surface area contributed by atoms with Gasteiger partial charge in [-0.25, -0.2) is 4.79 Å². The van der Waals surface area contributed by atoms with Gasteiger partial charge in [-0.15, -0.1) is 0 Å². The third kappa shape index (κ3) is 5.40. The van der Waals surface area contributed by atoms with Gasteiger partial charge in [0.2, 0.25) is 0 Å². The quantitative estimate of drug-likeness (QED) is 0.722. The molecule has 0 atom stereocenters. The van der Waals surface area contributed by atoms with Crippen molar-refractivity contribution in [2.45, 2.75) is 27.7 Å². The van der Waals surface area contributed by atoms with E-state index < -0.39 is 18.5 Å². The Hall–Kier alpha value is -3.16. The number of hydrogen-bond donors (Lipinski definition) is 2. The standard InChI is InChI=1S/C19H23N3O5/c1-11(2)9-20-18(24)14-7-5-6-8-15(14)21-16(23)10-26-19(25)17-12(3)22-27-13(17)4/h5-8,11H,9-10H2,1-4H3,(H,20,24)(H,21,23). The number of amides is 2. The topological polar surface area (TPSA) is 111 Å². The second-order valence-corrected chi connectivity index (χ2v) is 6.47. The van der Waals surface area contributed by atoms with E-state index in [1.165, 1.54) is 0 Å². The van der Waals surface area contributed by atoms with Gasteiger partial charge in [0.15, 0.2) is 6.61 Å². The molecule has 0 saturated carbocycles. The first-order valence-electron chi connectivity index (χ1n) is 8.56. The first kappa shape index (κ1) is 20.2. The van der Waals surface area contributed by atoms with Crippen molar-refractivity contribution < 1.29 is 23.6 Å². The normalized spacial score (nSPS) is 10.6. The van der Waals surface area contributed by atoms with Crippen molar-refractivity contribution >= 4 is 23.5 Å². The molecule has 0 saturated heterocycles. The largest absolute Gasteiger partial charge is 0.452 e. The summed E-state index contributed by atoms with van der Waals surface area (Å²) in [6.45, 7) is 7.20. The summed E-state index contributed by atoms with van der Waals surface area (Å²) in [5, 5.41) is 9.07. The maximum Gasteiger partial charge on any atom is 0.344 e. The molecular weight excluding hydrogens is 350 g/mol. The van der Waals surface area contributed by atoms with E-state index in [1.807, 2.05) is 13.8 Å². The van der Waals surface area contributed by atoms with E-state index in [2.05, 4.69) is 15.8 Å². The molecule has 1 aromatic heterocycles. The third-order valence-corrected chi connectivity index (χ3v) is 3.69.